The van der Waals surface area contributed by atoms with Crippen LogP contribution in [0.3, 0.4) is 0 Å². The molecule has 0 radical (unpaired) electrons. The van der Waals surface area contributed by atoms with Gasteiger partial charge in [0.15, 0.2) is 0 Å². The van der Waals surface area contributed by atoms with Gasteiger partial charge in [0.25, 0.3) is 0 Å². The van der Waals surface area contributed by atoms with Crippen molar-refractivity contribution in [3.63, 3.8) is 0 Å². The molecule has 0 amide bonds. The number of methoxy groups -OCH3 is 1. The summed E-state index contributed by atoms with van der Waals surface area (Å²) in [6.45, 7) is 14.1. The van der Waals surface area contributed by atoms with E-state index in [0.29, 0.717) is 0 Å². The van der Waals surface area contributed by atoms with E-state index >= 15 is 0 Å². The number of hydrogen-bond acceptors (Lipinski definition) is 1. The van der Waals surface area contributed by atoms with Gasteiger partial charge in [0.05, 0.1) is 7.11 Å². The summed E-state index contributed by atoms with van der Waals surface area (Å²) in [4.78, 5) is 0. The highest BCUT2D eigenvalue weighted by Crippen LogP contribution is 2.47. The van der Waals surface area contributed by atoms with Gasteiger partial charge in [-0.3, -0.25) is 0 Å². The molecule has 0 saturated heterocycles. The SMILES string of the molecule is CCc1cc2c(cc1C(C)=Cc1ccc(OC)cc1)C(C)(C)CCC2(C)C. The Labute approximate surface area is 165 Å². The van der Waals surface area contributed by atoms with Gasteiger partial charge in [-0.1, -0.05) is 65.0 Å². The average Bonchev–Trinajstić information content (AvgIpc) is 2.65. The zero-order chi connectivity index (χ0) is 19.8. The van der Waals surface area contributed by atoms with Gasteiger partial charge in [-0.15, -0.1) is 0 Å². The van der Waals surface area contributed by atoms with Crippen LogP contribution in [0.5, 0.6) is 5.75 Å². The molecule has 0 N–H and O–H groups in total. The van der Waals surface area contributed by atoms with E-state index in [1.807, 2.05) is 12.1 Å². The van der Waals surface area contributed by atoms with Gasteiger partial charge in [0.2, 0.25) is 0 Å². The maximum Gasteiger partial charge on any atom is 0.118 e. The van der Waals surface area contributed by atoms with Gasteiger partial charge in [0.1, 0.15) is 5.75 Å². The second-order valence-corrected chi connectivity index (χ2v) is 9.28. The van der Waals surface area contributed by atoms with Crippen LogP contribution in [0.1, 0.15) is 82.2 Å². The predicted octanol–water partition coefficient (Wildman–Crippen LogP) is 7.17. The van der Waals surface area contributed by atoms with Crippen molar-refractivity contribution in [1.29, 1.82) is 0 Å². The first-order valence-electron chi connectivity index (χ1n) is 10.2. The van der Waals surface area contributed by atoms with Crippen LogP contribution in [-0.4, -0.2) is 7.11 Å². The minimum Gasteiger partial charge on any atom is -0.497 e. The summed E-state index contributed by atoms with van der Waals surface area (Å²) >= 11 is 0. The minimum absolute atomic E-state index is 0.242. The molecular formula is C26H34O. The largest absolute Gasteiger partial charge is 0.497 e. The van der Waals surface area contributed by atoms with E-state index < -0.39 is 0 Å². The van der Waals surface area contributed by atoms with Crippen molar-refractivity contribution in [3.05, 3.63) is 64.2 Å². The van der Waals surface area contributed by atoms with Crippen LogP contribution in [0.15, 0.2) is 36.4 Å². The first-order valence-corrected chi connectivity index (χ1v) is 10.2. The second-order valence-electron chi connectivity index (χ2n) is 9.28. The zero-order valence-corrected chi connectivity index (χ0v) is 18.1. The van der Waals surface area contributed by atoms with E-state index in [-0.39, 0.29) is 10.8 Å². The van der Waals surface area contributed by atoms with Crippen LogP contribution in [0, 0.1) is 0 Å². The number of benzene rings is 2. The lowest BCUT2D eigenvalue weighted by Gasteiger charge is -2.42. The maximum atomic E-state index is 5.28. The number of rotatable bonds is 4. The lowest BCUT2D eigenvalue weighted by Crippen LogP contribution is -2.34. The summed E-state index contributed by atoms with van der Waals surface area (Å²) < 4.78 is 5.28. The van der Waals surface area contributed by atoms with Crippen LogP contribution >= 0.6 is 0 Å². The van der Waals surface area contributed by atoms with Gasteiger partial charge in [-0.05, 0) is 82.5 Å². The van der Waals surface area contributed by atoms with Gasteiger partial charge in [-0.2, -0.15) is 0 Å². The second kappa shape index (κ2) is 7.19. The highest BCUT2D eigenvalue weighted by molar-refractivity contribution is 5.82. The first-order chi connectivity index (χ1) is 12.7. The van der Waals surface area contributed by atoms with Gasteiger partial charge in [0, 0.05) is 0 Å². The average molecular weight is 363 g/mol. The highest BCUT2D eigenvalue weighted by atomic mass is 16.5. The Morgan fingerprint density at radius 3 is 2.04 bits per heavy atom. The normalized spacial score (nSPS) is 18.1. The molecule has 0 atom stereocenters. The third kappa shape index (κ3) is 3.83. The summed E-state index contributed by atoms with van der Waals surface area (Å²) in [5.41, 5.74) is 9.00. The molecule has 1 heteroatoms. The smallest absolute Gasteiger partial charge is 0.118 e. The number of hydrogen-bond donors (Lipinski definition) is 0. The van der Waals surface area contributed by atoms with Gasteiger partial charge in [-0.25, -0.2) is 0 Å². The van der Waals surface area contributed by atoms with E-state index in [1.165, 1.54) is 40.7 Å². The Morgan fingerprint density at radius 1 is 0.963 bits per heavy atom. The van der Waals surface area contributed by atoms with Crippen LogP contribution in [0.4, 0.5) is 0 Å². The fraction of sp³-hybridized carbons (Fsp3) is 0.462. The molecule has 0 fully saturated rings. The van der Waals surface area contributed by atoms with Crippen molar-refractivity contribution in [2.24, 2.45) is 0 Å². The summed E-state index contributed by atoms with van der Waals surface area (Å²) in [6, 6.07) is 13.3. The monoisotopic (exact) mass is 362 g/mol. The third-order valence-electron chi connectivity index (χ3n) is 6.38. The summed E-state index contributed by atoms with van der Waals surface area (Å²) in [7, 11) is 1.71. The van der Waals surface area contributed by atoms with Crippen molar-refractivity contribution in [2.45, 2.75) is 71.6 Å². The third-order valence-corrected chi connectivity index (χ3v) is 6.38. The number of fused-ring (bicyclic) bond motifs is 1. The Bertz CT molecular complexity index is 851. The standard InChI is InChI=1S/C26H34O/c1-8-20-16-23-24(26(5,6)14-13-25(23,3)4)17-22(20)18(2)15-19-9-11-21(27-7)12-10-19/h9-12,15-17H,8,13-14H2,1-7H3. The molecule has 0 heterocycles. The molecule has 0 saturated carbocycles. The summed E-state index contributed by atoms with van der Waals surface area (Å²) in [5.74, 6) is 0.900. The molecule has 144 valence electrons. The number of aryl methyl sites for hydroxylation is 1. The maximum absolute atomic E-state index is 5.28. The fourth-order valence-electron chi connectivity index (χ4n) is 4.35. The molecule has 2 aromatic rings. The minimum atomic E-state index is 0.242. The number of allylic oxidation sites excluding steroid dienone is 1. The van der Waals surface area contributed by atoms with E-state index in [0.717, 1.165) is 12.2 Å². The Morgan fingerprint density at radius 2 is 1.52 bits per heavy atom. The van der Waals surface area contributed by atoms with Crippen LogP contribution in [0.2, 0.25) is 0 Å². The van der Waals surface area contributed by atoms with E-state index in [1.54, 1.807) is 12.7 Å². The predicted molar refractivity (Wildman–Crippen MR) is 118 cm³/mol. The Hall–Kier alpha value is -2.02. The first kappa shape index (κ1) is 19.7. The molecular weight excluding hydrogens is 328 g/mol. The van der Waals surface area contributed by atoms with Crippen molar-refractivity contribution in [1.82, 2.24) is 0 Å². The van der Waals surface area contributed by atoms with Crippen molar-refractivity contribution >= 4 is 11.6 Å². The number of ether oxygens (including phenoxy) is 1. The van der Waals surface area contributed by atoms with Crippen LogP contribution in [-0.2, 0) is 17.3 Å². The van der Waals surface area contributed by atoms with Gasteiger partial charge >= 0.3 is 0 Å². The lowest BCUT2D eigenvalue weighted by molar-refractivity contribution is 0.331. The van der Waals surface area contributed by atoms with E-state index in [2.05, 4.69) is 71.9 Å². The molecule has 0 aromatic heterocycles. The van der Waals surface area contributed by atoms with Crippen LogP contribution in [0.25, 0.3) is 11.6 Å². The molecule has 0 spiro atoms. The molecule has 1 nitrogen and oxygen atoms in total. The highest BCUT2D eigenvalue weighted by Gasteiger charge is 2.37. The molecule has 0 aliphatic heterocycles. The molecule has 1 aliphatic rings. The van der Waals surface area contributed by atoms with E-state index in [4.69, 9.17) is 4.74 Å². The molecule has 3 rings (SSSR count). The summed E-state index contributed by atoms with van der Waals surface area (Å²) in [6.07, 6.45) is 5.86. The van der Waals surface area contributed by atoms with Crippen molar-refractivity contribution in [3.8, 4) is 5.75 Å². The molecule has 0 unspecified atom stereocenters. The van der Waals surface area contributed by atoms with Crippen molar-refractivity contribution < 1.29 is 4.74 Å². The summed E-state index contributed by atoms with van der Waals surface area (Å²) in [5, 5.41) is 0. The molecule has 1 aliphatic carbocycles. The topological polar surface area (TPSA) is 9.23 Å². The van der Waals surface area contributed by atoms with Crippen molar-refractivity contribution in [2.75, 3.05) is 7.11 Å². The Balaban J connectivity index is 2.10. The molecule has 2 aromatic carbocycles. The van der Waals surface area contributed by atoms with Gasteiger partial charge < -0.3 is 4.74 Å². The van der Waals surface area contributed by atoms with E-state index in [9.17, 15) is 0 Å². The molecule has 0 bridgehead atoms. The lowest BCUT2D eigenvalue weighted by atomic mass is 9.62. The molecule has 27 heavy (non-hydrogen) atoms. The van der Waals surface area contributed by atoms with Crippen LogP contribution < -0.4 is 4.74 Å². The quantitative estimate of drug-likeness (QED) is 0.524. The Kier molecular flexibility index (Phi) is 5.25. The zero-order valence-electron chi connectivity index (χ0n) is 18.1. The fourth-order valence-corrected chi connectivity index (χ4v) is 4.35.